The van der Waals surface area contributed by atoms with E-state index in [2.05, 4.69) is 15.9 Å². The molecule has 0 unspecified atom stereocenters. The van der Waals surface area contributed by atoms with Crippen LogP contribution in [0.15, 0.2) is 40.9 Å². The van der Waals surface area contributed by atoms with E-state index in [9.17, 15) is 28.0 Å². The minimum absolute atomic E-state index is 0.00720. The minimum Gasteiger partial charge on any atom is -0.461 e. The van der Waals surface area contributed by atoms with Crippen LogP contribution in [0, 0.1) is 29.4 Å². The number of amides is 3. The average molecular weight is 605 g/mol. The van der Waals surface area contributed by atoms with E-state index in [1.165, 1.54) is 12.1 Å². The van der Waals surface area contributed by atoms with Gasteiger partial charge in [0.15, 0.2) is 5.41 Å². The zero-order valence-corrected chi connectivity index (χ0v) is 23.6. The number of hydrogen-bond donors (Lipinski definition) is 1. The quantitative estimate of drug-likeness (QED) is 0.271. The summed E-state index contributed by atoms with van der Waals surface area (Å²) in [5.41, 5.74) is 2.70. The lowest BCUT2D eigenvalue weighted by atomic mass is 9.70. The van der Waals surface area contributed by atoms with E-state index in [1.807, 2.05) is 20.8 Å². The number of imide groups is 1. The van der Waals surface area contributed by atoms with Crippen LogP contribution in [0.5, 0.6) is 0 Å². The van der Waals surface area contributed by atoms with Gasteiger partial charge in [-0.1, -0.05) is 49.2 Å². The summed E-state index contributed by atoms with van der Waals surface area (Å²) in [6, 6.07) is 7.18. The van der Waals surface area contributed by atoms with Crippen molar-refractivity contribution in [3.8, 4) is 0 Å². The predicted molar refractivity (Wildman–Crippen MR) is 142 cm³/mol. The Morgan fingerprint density at radius 2 is 1.87 bits per heavy atom. The van der Waals surface area contributed by atoms with Gasteiger partial charge in [-0.15, -0.1) is 0 Å². The average Bonchev–Trinajstić information content (AvgIpc) is 2.85. The lowest BCUT2D eigenvalue weighted by molar-refractivity contribution is -0.169. The molecule has 208 valence electrons. The number of primary amides is 1. The van der Waals surface area contributed by atoms with Crippen molar-refractivity contribution in [2.24, 2.45) is 23.5 Å². The van der Waals surface area contributed by atoms with Crippen LogP contribution in [0.3, 0.4) is 0 Å². The fourth-order valence-electron chi connectivity index (χ4n) is 5.79. The number of benzene rings is 2. The second-order valence-corrected chi connectivity index (χ2v) is 11.9. The number of carbonyl (C=O) groups is 4. The maximum absolute atomic E-state index is 14.7. The molecule has 1 fully saturated rings. The highest BCUT2D eigenvalue weighted by atomic mass is 79.9. The second-order valence-electron chi connectivity index (χ2n) is 10.9. The third-order valence-electron chi connectivity index (χ3n) is 7.88. The molecule has 3 amide bonds. The molecule has 1 saturated carbocycles. The summed E-state index contributed by atoms with van der Waals surface area (Å²) in [5.74, 6) is -5.10. The van der Waals surface area contributed by atoms with Gasteiger partial charge in [0.25, 0.3) is 11.8 Å². The number of fused-ring (bicyclic) bond motifs is 1. The molecule has 0 aromatic heterocycles. The first-order valence-corrected chi connectivity index (χ1v) is 13.7. The zero-order chi connectivity index (χ0) is 28.6. The highest BCUT2D eigenvalue weighted by Gasteiger charge is 2.59. The molecule has 0 saturated heterocycles. The minimum atomic E-state index is -2.41. The predicted octanol–water partition coefficient (Wildman–Crippen LogP) is 5.03. The van der Waals surface area contributed by atoms with Crippen LogP contribution in [0.2, 0.25) is 0 Å². The Hall–Kier alpha value is -3.14. The van der Waals surface area contributed by atoms with E-state index >= 15 is 0 Å². The lowest BCUT2D eigenvalue weighted by Gasteiger charge is -2.42. The van der Waals surface area contributed by atoms with Crippen LogP contribution in [-0.4, -0.2) is 34.7 Å². The summed E-state index contributed by atoms with van der Waals surface area (Å²) >= 11 is 3.17. The molecule has 0 spiro atoms. The number of halogens is 3. The Morgan fingerprint density at radius 3 is 2.51 bits per heavy atom. The van der Waals surface area contributed by atoms with Gasteiger partial charge in [0.2, 0.25) is 5.91 Å². The number of nitrogens with two attached hydrogens (primary N) is 1. The smallest absolute Gasteiger partial charge is 0.327 e. The molecule has 39 heavy (non-hydrogen) atoms. The van der Waals surface area contributed by atoms with Crippen molar-refractivity contribution in [1.29, 1.82) is 0 Å². The molecular weight excluding hydrogens is 574 g/mol. The van der Waals surface area contributed by atoms with Crippen molar-refractivity contribution in [3.63, 3.8) is 0 Å². The summed E-state index contributed by atoms with van der Waals surface area (Å²) in [6.45, 7) is 5.56. The number of carbonyl (C=O) groups excluding carboxylic acids is 4. The molecule has 2 aliphatic rings. The van der Waals surface area contributed by atoms with Crippen LogP contribution in [0.4, 0.5) is 8.78 Å². The molecule has 2 N–H and O–H groups in total. The molecule has 2 aromatic rings. The van der Waals surface area contributed by atoms with Gasteiger partial charge in [-0.2, -0.15) is 0 Å². The highest BCUT2D eigenvalue weighted by molar-refractivity contribution is 9.10. The molecule has 4 atom stereocenters. The van der Waals surface area contributed by atoms with Crippen molar-refractivity contribution >= 4 is 39.6 Å². The van der Waals surface area contributed by atoms with Crippen LogP contribution < -0.4 is 5.73 Å². The third kappa shape index (κ3) is 5.48. The van der Waals surface area contributed by atoms with Gasteiger partial charge in [-0.3, -0.25) is 24.1 Å². The van der Waals surface area contributed by atoms with Crippen LogP contribution in [0.1, 0.15) is 67.9 Å². The molecule has 0 radical (unpaired) electrons. The molecule has 1 heterocycles. The highest BCUT2D eigenvalue weighted by Crippen LogP contribution is 2.43. The monoisotopic (exact) mass is 604 g/mol. The van der Waals surface area contributed by atoms with Gasteiger partial charge in [0.05, 0.1) is 13.0 Å². The molecular formula is C29H31BrF2N2O5. The normalized spacial score (nSPS) is 25.0. The van der Waals surface area contributed by atoms with Gasteiger partial charge in [0.1, 0.15) is 17.7 Å². The van der Waals surface area contributed by atoms with Gasteiger partial charge >= 0.3 is 5.97 Å². The van der Waals surface area contributed by atoms with Crippen molar-refractivity contribution in [3.05, 3.63) is 69.2 Å². The maximum atomic E-state index is 14.7. The van der Waals surface area contributed by atoms with Crippen LogP contribution in [-0.2, 0) is 31.1 Å². The van der Waals surface area contributed by atoms with E-state index in [-0.39, 0.29) is 34.4 Å². The Morgan fingerprint density at radius 1 is 1.15 bits per heavy atom. The van der Waals surface area contributed by atoms with Gasteiger partial charge in [-0.05, 0) is 66.5 Å². The molecule has 0 bridgehead atoms. The van der Waals surface area contributed by atoms with Crippen molar-refractivity contribution in [2.45, 2.75) is 64.5 Å². The van der Waals surface area contributed by atoms with Crippen LogP contribution >= 0.6 is 15.9 Å². The summed E-state index contributed by atoms with van der Waals surface area (Å²) in [5, 5.41) is 0. The summed E-state index contributed by atoms with van der Waals surface area (Å²) in [6.07, 6.45) is 0.926. The first-order valence-electron chi connectivity index (χ1n) is 12.9. The summed E-state index contributed by atoms with van der Waals surface area (Å²) < 4.78 is 35.8. The molecule has 10 heteroatoms. The fourth-order valence-corrected chi connectivity index (χ4v) is 6.13. The molecule has 4 rings (SSSR count). The van der Waals surface area contributed by atoms with Gasteiger partial charge < -0.3 is 10.5 Å². The number of hydrogen-bond acceptors (Lipinski definition) is 5. The molecule has 2 aromatic carbocycles. The first-order chi connectivity index (χ1) is 18.3. The van der Waals surface area contributed by atoms with E-state index < -0.39 is 59.8 Å². The zero-order valence-electron chi connectivity index (χ0n) is 22.0. The van der Waals surface area contributed by atoms with E-state index in [0.717, 1.165) is 31.0 Å². The van der Waals surface area contributed by atoms with Crippen molar-refractivity contribution in [2.75, 3.05) is 0 Å². The lowest BCUT2D eigenvalue weighted by Crippen LogP contribution is -2.60. The van der Waals surface area contributed by atoms with Crippen molar-refractivity contribution in [1.82, 2.24) is 4.90 Å². The van der Waals surface area contributed by atoms with E-state index in [1.54, 1.807) is 6.07 Å². The number of nitrogens with zero attached hydrogens (tertiary/aromatic N) is 1. The molecule has 7 nitrogen and oxygen atoms in total. The summed E-state index contributed by atoms with van der Waals surface area (Å²) in [4.78, 5) is 54.8. The molecule has 1 aliphatic carbocycles. The standard InChI is InChI=1S/C29H31BrF2N2O5/c1-15(2)20-8-4-16(3)10-24(20)39-28(38)29(13-25(33)35)22-12-19(31)7-9-21(22)26(36)34(27(29)37)14-17-5-6-18(30)11-23(17)32/h5-7,9,11-12,15-16,20,24H,4,8,10,13-14H2,1-3H3,(H2,33,35)/t16-,20+,24-,29-/m1/s1. The largest absolute Gasteiger partial charge is 0.461 e. The fraction of sp³-hybridized carbons (Fsp3) is 0.448. The van der Waals surface area contributed by atoms with Crippen LogP contribution in [0.25, 0.3) is 0 Å². The third-order valence-corrected chi connectivity index (χ3v) is 8.37. The Labute approximate surface area is 234 Å². The first kappa shape index (κ1) is 28.9. The SMILES string of the molecule is CC(C)[C@@H]1CC[C@@H](C)C[C@H]1OC(=O)[C@@]1(CC(N)=O)C(=O)N(Cc2ccc(Br)cc2F)C(=O)c2ccc(F)cc21. The number of ether oxygens (including phenoxy) is 1. The Kier molecular flexibility index (Phi) is 8.25. The van der Waals surface area contributed by atoms with Crippen molar-refractivity contribution < 1.29 is 32.7 Å². The maximum Gasteiger partial charge on any atom is 0.327 e. The number of esters is 1. The van der Waals surface area contributed by atoms with E-state index in [0.29, 0.717) is 15.8 Å². The van der Waals surface area contributed by atoms with Gasteiger partial charge in [-0.25, -0.2) is 8.78 Å². The Balaban J connectivity index is 1.85. The Bertz CT molecular complexity index is 1330. The second kappa shape index (κ2) is 11.2. The number of rotatable bonds is 7. The molecule has 1 aliphatic heterocycles. The topological polar surface area (TPSA) is 107 Å². The van der Waals surface area contributed by atoms with Gasteiger partial charge in [0, 0.05) is 15.6 Å². The summed E-state index contributed by atoms with van der Waals surface area (Å²) in [7, 11) is 0. The van der Waals surface area contributed by atoms with E-state index in [4.69, 9.17) is 10.5 Å².